The zero-order valence-electron chi connectivity index (χ0n) is 22.5. The lowest BCUT2D eigenvalue weighted by atomic mass is 10.1. The molecule has 2 aromatic heterocycles. The van der Waals surface area contributed by atoms with E-state index in [4.69, 9.17) is 14.7 Å². The lowest BCUT2D eigenvalue weighted by Gasteiger charge is -2.27. The second kappa shape index (κ2) is 9.52. The fraction of sp³-hybridized carbons (Fsp3) is 0.414. The van der Waals surface area contributed by atoms with Crippen molar-refractivity contribution < 1.29 is 9.53 Å². The summed E-state index contributed by atoms with van der Waals surface area (Å²) in [7, 11) is 2.16. The molecule has 0 radical (unpaired) electrons. The molecule has 0 unspecified atom stereocenters. The van der Waals surface area contributed by atoms with E-state index >= 15 is 0 Å². The molecule has 2 atom stereocenters. The largest absolute Gasteiger partial charge is 0.444 e. The number of aromatic nitrogens is 4. The van der Waals surface area contributed by atoms with Gasteiger partial charge in [0, 0.05) is 17.7 Å². The van der Waals surface area contributed by atoms with Crippen molar-refractivity contribution in [3.05, 3.63) is 59.2 Å². The third kappa shape index (κ3) is 4.89. The smallest absolute Gasteiger partial charge is 0.410 e. The van der Waals surface area contributed by atoms with E-state index in [1.165, 1.54) is 6.42 Å². The van der Waals surface area contributed by atoms with Crippen molar-refractivity contribution in [2.24, 2.45) is 0 Å². The molecule has 4 heterocycles. The minimum atomic E-state index is -0.525. The summed E-state index contributed by atoms with van der Waals surface area (Å²) in [5.74, 6) is 8.40. The third-order valence-electron chi connectivity index (χ3n) is 7.39. The number of carbonyl (C=O) groups is 1. The van der Waals surface area contributed by atoms with Gasteiger partial charge in [-0.3, -0.25) is 4.90 Å². The van der Waals surface area contributed by atoms with Crippen LogP contribution in [0.2, 0.25) is 0 Å². The van der Waals surface area contributed by atoms with Gasteiger partial charge >= 0.3 is 6.09 Å². The zero-order valence-corrected chi connectivity index (χ0v) is 22.5. The molecule has 0 aliphatic carbocycles. The van der Waals surface area contributed by atoms with Crippen molar-refractivity contribution in [3.8, 4) is 11.8 Å². The summed E-state index contributed by atoms with van der Waals surface area (Å²) in [6.07, 6.45) is 3.85. The van der Waals surface area contributed by atoms with Crippen LogP contribution in [-0.4, -0.2) is 62.4 Å². The topological polar surface area (TPSA) is 90.1 Å². The Morgan fingerprint density at radius 1 is 0.921 bits per heavy atom. The number of nitrogens with one attached hydrogen (secondary N) is 2. The highest BCUT2D eigenvalue weighted by atomic mass is 16.6. The van der Waals surface area contributed by atoms with Crippen LogP contribution in [-0.2, 0) is 4.74 Å². The van der Waals surface area contributed by atoms with Crippen LogP contribution in [0.1, 0.15) is 81.3 Å². The van der Waals surface area contributed by atoms with Gasteiger partial charge in [0.1, 0.15) is 17.2 Å². The summed E-state index contributed by atoms with van der Waals surface area (Å²) in [5.41, 5.74) is 5.06. The molecule has 9 heteroatoms. The van der Waals surface area contributed by atoms with E-state index in [0.717, 1.165) is 70.6 Å². The first-order valence-electron chi connectivity index (χ1n) is 13.4. The molecular formula is C29H33BN6O2. The van der Waals surface area contributed by atoms with Crippen LogP contribution in [0.25, 0.3) is 22.1 Å². The molecule has 2 aliphatic rings. The highest BCUT2D eigenvalue weighted by Gasteiger charge is 2.35. The number of aromatic amines is 2. The number of likely N-dealkylation sites (tertiary alicyclic amines) is 1. The average molecular weight is 508 g/mol. The number of imidazole rings is 2. The molecule has 194 valence electrons. The maximum absolute atomic E-state index is 12.7. The third-order valence-corrected chi connectivity index (χ3v) is 7.39. The molecule has 1 amide bonds. The maximum atomic E-state index is 12.7. The van der Waals surface area contributed by atoms with Gasteiger partial charge in [-0.1, -0.05) is 11.8 Å². The molecule has 2 aromatic carbocycles. The predicted molar refractivity (Wildman–Crippen MR) is 150 cm³/mol. The van der Waals surface area contributed by atoms with Gasteiger partial charge in [-0.15, -0.1) is 0 Å². The number of hydrogen-bond donors (Lipinski definition) is 2. The molecule has 2 N–H and O–H groups in total. The quantitative estimate of drug-likeness (QED) is 0.305. The van der Waals surface area contributed by atoms with Gasteiger partial charge < -0.3 is 19.5 Å². The molecular weight excluding hydrogens is 475 g/mol. The Morgan fingerprint density at radius 3 is 2.03 bits per heavy atom. The van der Waals surface area contributed by atoms with Crippen LogP contribution in [0.4, 0.5) is 4.79 Å². The number of nitrogens with zero attached hydrogens (tertiary/aromatic N) is 4. The molecule has 4 aromatic rings. The lowest BCUT2D eigenvalue weighted by molar-refractivity contribution is 0.0219. The Kier molecular flexibility index (Phi) is 6.15. The van der Waals surface area contributed by atoms with Crippen molar-refractivity contribution in [3.63, 3.8) is 0 Å². The van der Waals surface area contributed by atoms with E-state index < -0.39 is 5.60 Å². The zero-order chi connectivity index (χ0) is 26.4. The summed E-state index contributed by atoms with van der Waals surface area (Å²) in [5, 5.41) is 0. The number of hydrogen-bond acceptors (Lipinski definition) is 5. The molecule has 0 spiro atoms. The van der Waals surface area contributed by atoms with Crippen LogP contribution >= 0.6 is 0 Å². The molecule has 2 saturated heterocycles. The van der Waals surface area contributed by atoms with Crippen LogP contribution in [0.3, 0.4) is 0 Å². The van der Waals surface area contributed by atoms with Gasteiger partial charge in [0.2, 0.25) is 0 Å². The minimum absolute atomic E-state index is 0.110. The highest BCUT2D eigenvalue weighted by Crippen LogP contribution is 2.33. The van der Waals surface area contributed by atoms with Crippen molar-refractivity contribution in [1.29, 1.82) is 0 Å². The van der Waals surface area contributed by atoms with E-state index in [1.54, 1.807) is 4.90 Å². The Balaban J connectivity index is 1.21. The van der Waals surface area contributed by atoms with E-state index in [9.17, 15) is 4.79 Å². The fourth-order valence-corrected chi connectivity index (χ4v) is 5.51. The number of ether oxygens (including phenoxy) is 1. The van der Waals surface area contributed by atoms with Crippen molar-refractivity contribution >= 4 is 36.1 Å². The molecule has 38 heavy (non-hydrogen) atoms. The number of fused-ring (bicyclic) bond motifs is 2. The van der Waals surface area contributed by atoms with Crippen LogP contribution in [0, 0.1) is 11.8 Å². The van der Waals surface area contributed by atoms with Gasteiger partial charge in [-0.25, -0.2) is 14.8 Å². The molecule has 8 nitrogen and oxygen atoms in total. The van der Waals surface area contributed by atoms with Crippen molar-refractivity contribution in [2.75, 3.05) is 13.1 Å². The fourth-order valence-electron chi connectivity index (χ4n) is 5.51. The number of H-pyrrole nitrogens is 2. The second-order valence-corrected chi connectivity index (χ2v) is 11.4. The van der Waals surface area contributed by atoms with E-state index in [1.807, 2.05) is 51.1 Å². The molecule has 0 saturated carbocycles. The average Bonchev–Trinajstić information content (AvgIpc) is 3.65. The lowest BCUT2D eigenvalue weighted by Crippen LogP contribution is -2.36. The van der Waals surface area contributed by atoms with Crippen LogP contribution < -0.4 is 0 Å². The van der Waals surface area contributed by atoms with E-state index in [0.29, 0.717) is 12.6 Å². The standard InChI is InChI=1S/C29H33BN6O2/c1-29(2,3)38-28(37)35-14-4-6-24(35)26-31-20-12-10-18(16-22(20)33-26)8-9-19-11-13-21-23(17-19)34-27(32-21)25-7-5-15-36(25)30/h10-13,16-17,24-25H,4-7,14-15,30H2,1-3H3,(H,31,33)(H,32,34)/t24-,25-/m0/s1. The molecule has 2 fully saturated rings. The van der Waals surface area contributed by atoms with E-state index in [-0.39, 0.29) is 12.1 Å². The molecule has 2 aliphatic heterocycles. The Morgan fingerprint density at radius 2 is 1.47 bits per heavy atom. The van der Waals surface area contributed by atoms with Gasteiger partial charge in [-0.05, 0) is 89.4 Å². The first-order valence-corrected chi connectivity index (χ1v) is 13.4. The SMILES string of the molecule is BN1CCC[C@H]1c1nc2cc(C#Cc3ccc4[nH]c([C@@H]5CCCN5C(=O)OC(C)(C)C)nc4c3)ccc2[nH]1. The van der Waals surface area contributed by atoms with Gasteiger partial charge in [0.15, 0.2) is 7.98 Å². The predicted octanol–water partition coefficient (Wildman–Crippen LogP) is 4.60. The summed E-state index contributed by atoms with van der Waals surface area (Å²) >= 11 is 0. The van der Waals surface area contributed by atoms with Gasteiger partial charge in [0.25, 0.3) is 0 Å². The summed E-state index contributed by atoms with van der Waals surface area (Å²) in [4.78, 5) is 33.5. The molecule has 6 rings (SSSR count). The second-order valence-electron chi connectivity index (χ2n) is 11.4. The molecule has 0 bridgehead atoms. The first kappa shape index (κ1) is 24.6. The van der Waals surface area contributed by atoms with E-state index in [2.05, 4.69) is 40.7 Å². The number of benzene rings is 2. The normalized spacial score (nSPS) is 20.2. The van der Waals surface area contributed by atoms with Gasteiger partial charge in [-0.2, -0.15) is 0 Å². The summed E-state index contributed by atoms with van der Waals surface area (Å²) in [6, 6.07) is 12.4. The van der Waals surface area contributed by atoms with Crippen LogP contribution in [0.15, 0.2) is 36.4 Å². The number of rotatable bonds is 2. The first-order chi connectivity index (χ1) is 18.2. The highest BCUT2D eigenvalue weighted by molar-refractivity contribution is 6.04. The monoisotopic (exact) mass is 508 g/mol. The summed E-state index contributed by atoms with van der Waals surface area (Å²) in [6.45, 7) is 7.45. The number of carbonyl (C=O) groups excluding carboxylic acids is 1. The number of amides is 1. The maximum Gasteiger partial charge on any atom is 0.410 e. The van der Waals surface area contributed by atoms with Gasteiger partial charge in [0.05, 0.1) is 34.2 Å². The Bertz CT molecular complexity index is 1570. The Labute approximate surface area is 223 Å². The minimum Gasteiger partial charge on any atom is -0.444 e. The Hall–Kier alpha value is -3.77. The van der Waals surface area contributed by atoms with Crippen molar-refractivity contribution in [2.45, 2.75) is 64.1 Å². The van der Waals surface area contributed by atoms with Crippen molar-refractivity contribution in [1.82, 2.24) is 29.6 Å². The summed E-state index contributed by atoms with van der Waals surface area (Å²) < 4.78 is 5.62. The van der Waals surface area contributed by atoms with Crippen LogP contribution in [0.5, 0.6) is 0 Å².